The number of amides is 1. The fraction of sp³-hybridized carbons (Fsp3) is 0.667. The molecule has 1 aromatic heterocycles. The van der Waals surface area contributed by atoms with Crippen molar-refractivity contribution >= 4 is 22.4 Å². The zero-order valence-corrected chi connectivity index (χ0v) is 11.6. The Kier molecular flexibility index (Phi) is 4.52. The minimum Gasteiger partial charge on any atom is -0.375 e. The van der Waals surface area contributed by atoms with E-state index in [1.807, 2.05) is 0 Å². The number of hydrogen-bond acceptors (Lipinski definition) is 4. The summed E-state index contributed by atoms with van der Waals surface area (Å²) in [6.45, 7) is 0. The Labute approximate surface area is 118 Å². The van der Waals surface area contributed by atoms with E-state index in [2.05, 4.69) is 10.3 Å². The number of carbonyl (C=O) groups excluding carboxylic acids is 1. The third-order valence-electron chi connectivity index (χ3n) is 3.47. The number of thiazole rings is 1. The first-order valence-corrected chi connectivity index (χ1v) is 7.28. The number of alkyl halides is 3. The molecule has 1 aromatic rings. The van der Waals surface area contributed by atoms with Gasteiger partial charge in [0.15, 0.2) is 5.13 Å². The summed E-state index contributed by atoms with van der Waals surface area (Å²) in [6.07, 6.45) is -3.10. The van der Waals surface area contributed by atoms with Crippen molar-refractivity contribution in [3.63, 3.8) is 0 Å². The molecule has 0 unspecified atom stereocenters. The molecule has 1 aliphatic rings. The molecule has 1 heterocycles. The van der Waals surface area contributed by atoms with Gasteiger partial charge in [-0.15, -0.1) is 11.3 Å². The van der Waals surface area contributed by atoms with Crippen LogP contribution in [0.1, 0.15) is 31.4 Å². The Morgan fingerprint density at radius 1 is 1.40 bits per heavy atom. The smallest absolute Gasteiger partial charge is 0.375 e. The van der Waals surface area contributed by atoms with Gasteiger partial charge in [0.2, 0.25) is 5.91 Å². The first kappa shape index (κ1) is 15.1. The molecule has 1 aliphatic carbocycles. The van der Waals surface area contributed by atoms with Gasteiger partial charge in [-0.1, -0.05) is 0 Å². The van der Waals surface area contributed by atoms with Crippen LogP contribution in [0.15, 0.2) is 5.38 Å². The van der Waals surface area contributed by atoms with E-state index in [4.69, 9.17) is 5.73 Å². The molecule has 0 saturated heterocycles. The van der Waals surface area contributed by atoms with Crippen molar-refractivity contribution < 1.29 is 18.0 Å². The van der Waals surface area contributed by atoms with E-state index >= 15 is 0 Å². The Hall–Kier alpha value is -1.31. The Bertz CT molecular complexity index is 467. The maximum Gasteiger partial charge on any atom is 0.391 e. The summed E-state index contributed by atoms with van der Waals surface area (Å²) in [7, 11) is 0. The van der Waals surface area contributed by atoms with Gasteiger partial charge in [-0.25, -0.2) is 4.98 Å². The van der Waals surface area contributed by atoms with Crippen LogP contribution in [0.25, 0.3) is 0 Å². The largest absolute Gasteiger partial charge is 0.391 e. The molecule has 1 amide bonds. The van der Waals surface area contributed by atoms with E-state index in [1.165, 1.54) is 11.3 Å². The van der Waals surface area contributed by atoms with E-state index < -0.39 is 12.1 Å². The van der Waals surface area contributed by atoms with Crippen LogP contribution in [-0.4, -0.2) is 23.1 Å². The van der Waals surface area contributed by atoms with Crippen molar-refractivity contribution in [3.8, 4) is 0 Å². The second kappa shape index (κ2) is 5.99. The van der Waals surface area contributed by atoms with E-state index in [0.717, 1.165) is 0 Å². The molecular weight excluding hydrogens is 291 g/mol. The maximum absolute atomic E-state index is 12.5. The summed E-state index contributed by atoms with van der Waals surface area (Å²) in [6, 6.07) is -0.169. The predicted octanol–water partition coefficient (Wildman–Crippen LogP) is 2.51. The Morgan fingerprint density at radius 2 is 2.05 bits per heavy atom. The lowest BCUT2D eigenvalue weighted by molar-refractivity contribution is -0.182. The van der Waals surface area contributed by atoms with Crippen molar-refractivity contribution in [1.82, 2.24) is 10.3 Å². The Balaban J connectivity index is 1.76. The lowest BCUT2D eigenvalue weighted by Gasteiger charge is -2.30. The topological polar surface area (TPSA) is 68.0 Å². The number of nitrogens with zero attached hydrogens (tertiary/aromatic N) is 1. The van der Waals surface area contributed by atoms with Crippen molar-refractivity contribution in [2.75, 3.05) is 5.73 Å². The van der Waals surface area contributed by atoms with Crippen LogP contribution in [0.2, 0.25) is 0 Å². The highest BCUT2D eigenvalue weighted by atomic mass is 32.1. The van der Waals surface area contributed by atoms with Crippen LogP contribution in [0.4, 0.5) is 18.3 Å². The molecule has 0 aliphatic heterocycles. The zero-order chi connectivity index (χ0) is 14.8. The van der Waals surface area contributed by atoms with Crippen molar-refractivity contribution in [1.29, 1.82) is 0 Å². The molecule has 8 heteroatoms. The van der Waals surface area contributed by atoms with Crippen molar-refractivity contribution in [2.45, 2.75) is 44.3 Å². The first-order chi connectivity index (χ1) is 9.34. The fourth-order valence-electron chi connectivity index (χ4n) is 2.41. The van der Waals surface area contributed by atoms with Crippen molar-refractivity contribution in [3.05, 3.63) is 11.1 Å². The SMILES string of the molecule is Nc1nc(CC(=O)NC2CCC(C(F)(F)F)CC2)cs1. The first-order valence-electron chi connectivity index (χ1n) is 6.40. The second-order valence-electron chi connectivity index (χ2n) is 5.01. The van der Waals surface area contributed by atoms with Gasteiger partial charge in [0, 0.05) is 11.4 Å². The van der Waals surface area contributed by atoms with Gasteiger partial charge in [0.1, 0.15) is 0 Å². The molecule has 2 rings (SSSR count). The highest BCUT2D eigenvalue weighted by Gasteiger charge is 2.41. The van der Waals surface area contributed by atoms with Gasteiger partial charge in [-0.2, -0.15) is 13.2 Å². The minimum absolute atomic E-state index is 0.0814. The summed E-state index contributed by atoms with van der Waals surface area (Å²) in [5.41, 5.74) is 6.06. The third-order valence-corrected chi connectivity index (χ3v) is 4.19. The van der Waals surface area contributed by atoms with Crippen LogP contribution in [0.3, 0.4) is 0 Å². The number of aromatic nitrogens is 1. The number of nitrogens with two attached hydrogens (primary N) is 1. The molecule has 0 spiro atoms. The summed E-state index contributed by atoms with van der Waals surface area (Å²) in [4.78, 5) is 15.7. The zero-order valence-electron chi connectivity index (χ0n) is 10.7. The summed E-state index contributed by atoms with van der Waals surface area (Å²) in [5, 5.41) is 4.87. The van der Waals surface area contributed by atoms with Crippen LogP contribution in [-0.2, 0) is 11.2 Å². The van der Waals surface area contributed by atoms with Gasteiger partial charge < -0.3 is 11.1 Å². The summed E-state index contributed by atoms with van der Waals surface area (Å²) in [5.74, 6) is -1.44. The molecule has 0 radical (unpaired) electrons. The lowest BCUT2D eigenvalue weighted by Crippen LogP contribution is -2.40. The molecule has 1 fully saturated rings. The minimum atomic E-state index is -4.12. The number of halogens is 3. The molecule has 112 valence electrons. The standard InChI is InChI=1S/C12H16F3N3OS/c13-12(14,15)7-1-3-8(4-2-7)17-10(19)5-9-6-20-11(16)18-9/h6-8H,1-5H2,(H2,16,18)(H,17,19). The molecule has 1 saturated carbocycles. The number of anilines is 1. The van der Waals surface area contributed by atoms with Crippen molar-refractivity contribution in [2.24, 2.45) is 5.92 Å². The van der Waals surface area contributed by atoms with Gasteiger partial charge in [0.25, 0.3) is 0 Å². The van der Waals surface area contributed by atoms with Crippen LogP contribution >= 0.6 is 11.3 Å². The van der Waals surface area contributed by atoms with E-state index in [9.17, 15) is 18.0 Å². The molecule has 4 nitrogen and oxygen atoms in total. The number of nitrogens with one attached hydrogen (secondary N) is 1. The maximum atomic E-state index is 12.5. The predicted molar refractivity (Wildman–Crippen MR) is 70.2 cm³/mol. The summed E-state index contributed by atoms with van der Waals surface area (Å²) >= 11 is 1.26. The van der Waals surface area contributed by atoms with Gasteiger partial charge in [-0.05, 0) is 25.7 Å². The normalized spacial score (nSPS) is 23.6. The van der Waals surface area contributed by atoms with Gasteiger partial charge >= 0.3 is 6.18 Å². The molecule has 0 bridgehead atoms. The quantitative estimate of drug-likeness (QED) is 0.901. The van der Waals surface area contributed by atoms with Crippen LogP contribution in [0.5, 0.6) is 0 Å². The van der Waals surface area contributed by atoms with Crippen LogP contribution in [0, 0.1) is 5.92 Å². The van der Waals surface area contributed by atoms with Gasteiger partial charge in [-0.3, -0.25) is 4.79 Å². The summed E-state index contributed by atoms with van der Waals surface area (Å²) < 4.78 is 37.5. The molecule has 0 aromatic carbocycles. The average molecular weight is 307 g/mol. The number of rotatable bonds is 3. The highest BCUT2D eigenvalue weighted by molar-refractivity contribution is 7.13. The molecule has 3 N–H and O–H groups in total. The van der Waals surface area contributed by atoms with E-state index in [1.54, 1.807) is 5.38 Å². The third kappa shape index (κ3) is 4.09. The van der Waals surface area contributed by atoms with Crippen LogP contribution < -0.4 is 11.1 Å². The molecule has 0 atom stereocenters. The van der Waals surface area contributed by atoms with E-state index in [-0.39, 0.29) is 31.2 Å². The average Bonchev–Trinajstić information content (AvgIpc) is 2.74. The van der Waals surface area contributed by atoms with Gasteiger partial charge in [0.05, 0.1) is 18.0 Å². The second-order valence-corrected chi connectivity index (χ2v) is 5.90. The number of nitrogen functional groups attached to an aromatic ring is 1. The molecular formula is C12H16F3N3OS. The number of hydrogen-bond donors (Lipinski definition) is 2. The fourth-order valence-corrected chi connectivity index (χ4v) is 2.97. The Morgan fingerprint density at radius 3 is 2.55 bits per heavy atom. The van der Waals surface area contributed by atoms with E-state index in [0.29, 0.717) is 23.7 Å². The monoisotopic (exact) mass is 307 g/mol. The number of carbonyl (C=O) groups is 1. The highest BCUT2D eigenvalue weighted by Crippen LogP contribution is 2.37. The molecule has 20 heavy (non-hydrogen) atoms. The lowest BCUT2D eigenvalue weighted by atomic mass is 9.85.